The molecule has 1 aliphatic heterocycles. The lowest BCUT2D eigenvalue weighted by Crippen LogP contribution is -2.28. The van der Waals surface area contributed by atoms with Gasteiger partial charge in [0.05, 0.1) is 28.7 Å². The molecule has 120 valence electrons. The van der Waals surface area contributed by atoms with Crippen molar-refractivity contribution in [2.45, 2.75) is 19.0 Å². The Morgan fingerprint density at radius 1 is 1.27 bits per heavy atom. The standard InChI is InChI=1S/C14H15F3N2O2S/c15-14(16,17)12-2-1-11(8-18)7-13(12)19-9-10-3-5-22(20,21)6-4-10/h1-2,7,10,19H,3-6,9H2. The van der Waals surface area contributed by atoms with E-state index in [9.17, 15) is 21.6 Å². The highest BCUT2D eigenvalue weighted by Gasteiger charge is 2.34. The normalized spacial score (nSPS) is 18.6. The predicted molar refractivity (Wildman–Crippen MR) is 76.0 cm³/mol. The van der Waals surface area contributed by atoms with E-state index in [4.69, 9.17) is 5.26 Å². The van der Waals surface area contributed by atoms with E-state index in [-0.39, 0.29) is 35.2 Å². The topological polar surface area (TPSA) is 70.0 Å². The summed E-state index contributed by atoms with van der Waals surface area (Å²) in [5.41, 5.74) is -0.823. The first-order valence-electron chi connectivity index (χ1n) is 6.77. The maximum absolute atomic E-state index is 12.9. The first-order chi connectivity index (χ1) is 10.2. The molecule has 0 unspecified atom stereocenters. The third-order valence-corrected chi connectivity index (χ3v) is 5.42. The highest BCUT2D eigenvalue weighted by Crippen LogP contribution is 2.35. The van der Waals surface area contributed by atoms with Crippen LogP contribution in [0.1, 0.15) is 24.0 Å². The van der Waals surface area contributed by atoms with Crippen molar-refractivity contribution < 1.29 is 21.6 Å². The summed E-state index contributed by atoms with van der Waals surface area (Å²) < 4.78 is 61.5. The quantitative estimate of drug-likeness (QED) is 0.924. The van der Waals surface area contributed by atoms with E-state index in [0.29, 0.717) is 12.8 Å². The maximum Gasteiger partial charge on any atom is 0.418 e. The number of hydrogen-bond donors (Lipinski definition) is 1. The predicted octanol–water partition coefficient (Wildman–Crippen LogP) is 2.81. The minimum absolute atomic E-state index is 0.00958. The molecule has 22 heavy (non-hydrogen) atoms. The van der Waals surface area contributed by atoms with Gasteiger partial charge >= 0.3 is 6.18 Å². The Labute approximate surface area is 126 Å². The SMILES string of the molecule is N#Cc1ccc(C(F)(F)F)c(NCC2CCS(=O)(=O)CC2)c1. The lowest BCUT2D eigenvalue weighted by molar-refractivity contribution is -0.137. The van der Waals surface area contributed by atoms with Crippen LogP contribution in [-0.4, -0.2) is 26.5 Å². The maximum atomic E-state index is 12.9. The van der Waals surface area contributed by atoms with Gasteiger partial charge in [0.1, 0.15) is 9.84 Å². The molecule has 0 amide bonds. The number of nitrogens with zero attached hydrogens (tertiary/aromatic N) is 1. The molecule has 1 aromatic carbocycles. The average Bonchev–Trinajstić information content (AvgIpc) is 2.44. The number of benzene rings is 1. The van der Waals surface area contributed by atoms with Crippen LogP contribution in [0.25, 0.3) is 0 Å². The fourth-order valence-electron chi connectivity index (χ4n) is 2.40. The molecular formula is C14H15F3N2O2S. The Hall–Kier alpha value is -1.75. The average molecular weight is 332 g/mol. The van der Waals surface area contributed by atoms with E-state index in [2.05, 4.69) is 5.32 Å². The number of alkyl halides is 3. The van der Waals surface area contributed by atoms with Crippen LogP contribution in [0.2, 0.25) is 0 Å². The number of anilines is 1. The molecule has 0 spiro atoms. The summed E-state index contributed by atoms with van der Waals surface area (Å²) in [4.78, 5) is 0. The van der Waals surface area contributed by atoms with Gasteiger partial charge in [-0.3, -0.25) is 0 Å². The molecule has 1 N–H and O–H groups in total. The summed E-state index contributed by atoms with van der Waals surface area (Å²) in [6.07, 6.45) is -3.63. The van der Waals surface area contributed by atoms with Crippen LogP contribution >= 0.6 is 0 Å². The van der Waals surface area contributed by atoms with Gasteiger partial charge in [0.2, 0.25) is 0 Å². The zero-order valence-corrected chi connectivity index (χ0v) is 12.5. The van der Waals surface area contributed by atoms with Crippen molar-refractivity contribution in [3.63, 3.8) is 0 Å². The van der Waals surface area contributed by atoms with Gasteiger partial charge in [-0.15, -0.1) is 0 Å². The second kappa shape index (κ2) is 6.16. The van der Waals surface area contributed by atoms with Crippen molar-refractivity contribution in [1.29, 1.82) is 5.26 Å². The van der Waals surface area contributed by atoms with E-state index < -0.39 is 21.6 Å². The van der Waals surface area contributed by atoms with E-state index in [1.807, 2.05) is 6.07 Å². The summed E-state index contributed by atoms with van der Waals surface area (Å²) in [6.45, 7) is 0.257. The summed E-state index contributed by atoms with van der Waals surface area (Å²) in [6, 6.07) is 4.98. The lowest BCUT2D eigenvalue weighted by Gasteiger charge is -2.23. The third-order valence-electron chi connectivity index (χ3n) is 3.71. The molecule has 1 aliphatic rings. The van der Waals surface area contributed by atoms with Crippen molar-refractivity contribution in [3.8, 4) is 6.07 Å². The van der Waals surface area contributed by atoms with Gasteiger partial charge in [-0.25, -0.2) is 8.42 Å². The van der Waals surface area contributed by atoms with Gasteiger partial charge in [0, 0.05) is 12.2 Å². The Balaban J connectivity index is 2.10. The van der Waals surface area contributed by atoms with Crippen LogP contribution in [0, 0.1) is 17.2 Å². The van der Waals surface area contributed by atoms with Crippen molar-refractivity contribution in [2.24, 2.45) is 5.92 Å². The van der Waals surface area contributed by atoms with Crippen molar-refractivity contribution in [2.75, 3.05) is 23.4 Å². The van der Waals surface area contributed by atoms with Crippen molar-refractivity contribution >= 4 is 15.5 Å². The zero-order valence-electron chi connectivity index (χ0n) is 11.7. The zero-order chi connectivity index (χ0) is 16.4. The molecule has 4 nitrogen and oxygen atoms in total. The largest absolute Gasteiger partial charge is 0.418 e. The monoisotopic (exact) mass is 332 g/mol. The molecule has 1 saturated heterocycles. The number of halogens is 3. The molecule has 0 aliphatic carbocycles. The molecule has 0 atom stereocenters. The summed E-state index contributed by atoms with van der Waals surface area (Å²) >= 11 is 0. The van der Waals surface area contributed by atoms with Crippen molar-refractivity contribution in [3.05, 3.63) is 29.3 Å². The first kappa shape index (κ1) is 16.6. The third kappa shape index (κ3) is 4.13. The van der Waals surface area contributed by atoms with Gasteiger partial charge in [0.25, 0.3) is 0 Å². The minimum Gasteiger partial charge on any atom is -0.384 e. The summed E-state index contributed by atoms with van der Waals surface area (Å²) in [5.74, 6) is 0.156. The van der Waals surface area contributed by atoms with Crippen LogP contribution in [-0.2, 0) is 16.0 Å². The lowest BCUT2D eigenvalue weighted by atomic mass is 10.0. The van der Waals surface area contributed by atoms with Crippen LogP contribution < -0.4 is 5.32 Å². The molecule has 2 rings (SSSR count). The second-order valence-corrected chi connectivity index (χ2v) is 7.65. The smallest absolute Gasteiger partial charge is 0.384 e. The second-order valence-electron chi connectivity index (χ2n) is 5.35. The molecule has 0 aromatic heterocycles. The molecule has 1 heterocycles. The molecule has 0 saturated carbocycles. The Kier molecular flexibility index (Phi) is 4.66. The number of hydrogen-bond acceptors (Lipinski definition) is 4. The number of sulfone groups is 1. The fraction of sp³-hybridized carbons (Fsp3) is 0.500. The van der Waals surface area contributed by atoms with E-state index >= 15 is 0 Å². The van der Waals surface area contributed by atoms with E-state index in [1.165, 1.54) is 6.07 Å². The van der Waals surface area contributed by atoms with Crippen LogP contribution in [0.4, 0.5) is 18.9 Å². The van der Waals surface area contributed by atoms with Crippen LogP contribution in [0.15, 0.2) is 18.2 Å². The highest BCUT2D eigenvalue weighted by molar-refractivity contribution is 7.91. The molecule has 8 heteroatoms. The summed E-state index contributed by atoms with van der Waals surface area (Å²) in [7, 11) is -2.99. The van der Waals surface area contributed by atoms with Gasteiger partial charge in [0.15, 0.2) is 0 Å². The Morgan fingerprint density at radius 3 is 2.45 bits per heavy atom. The van der Waals surface area contributed by atoms with Crippen LogP contribution in [0.5, 0.6) is 0 Å². The fourth-order valence-corrected chi connectivity index (χ4v) is 3.99. The molecule has 1 fully saturated rings. The van der Waals surface area contributed by atoms with Gasteiger partial charge in [-0.2, -0.15) is 18.4 Å². The van der Waals surface area contributed by atoms with Gasteiger partial charge in [-0.1, -0.05) is 0 Å². The van der Waals surface area contributed by atoms with Gasteiger partial charge < -0.3 is 5.32 Å². The molecular weight excluding hydrogens is 317 g/mol. The van der Waals surface area contributed by atoms with Gasteiger partial charge in [-0.05, 0) is 37.0 Å². The number of rotatable bonds is 3. The molecule has 1 aromatic rings. The highest BCUT2D eigenvalue weighted by atomic mass is 32.2. The Bertz CT molecular complexity index is 679. The van der Waals surface area contributed by atoms with Crippen LogP contribution in [0.3, 0.4) is 0 Å². The molecule has 0 bridgehead atoms. The Morgan fingerprint density at radius 2 is 1.91 bits per heavy atom. The first-order valence-corrected chi connectivity index (χ1v) is 8.59. The van der Waals surface area contributed by atoms with E-state index in [0.717, 1.165) is 12.1 Å². The number of nitriles is 1. The number of nitrogens with one attached hydrogen (secondary N) is 1. The molecule has 0 radical (unpaired) electrons. The minimum atomic E-state index is -4.51. The van der Waals surface area contributed by atoms with E-state index in [1.54, 1.807) is 0 Å². The van der Waals surface area contributed by atoms with Crippen molar-refractivity contribution in [1.82, 2.24) is 0 Å². The summed E-state index contributed by atoms with van der Waals surface area (Å²) in [5, 5.41) is 11.5.